The highest BCUT2D eigenvalue weighted by Gasteiger charge is 2.21. The molecule has 3 nitrogen and oxygen atoms in total. The lowest BCUT2D eigenvalue weighted by atomic mass is 10.1. The molecule has 2 rings (SSSR count). The zero-order valence-electron chi connectivity index (χ0n) is 10.7. The largest absolute Gasteiger partial charge is 0.379 e. The van der Waals surface area contributed by atoms with Crippen LogP contribution in [0.3, 0.4) is 0 Å². The zero-order chi connectivity index (χ0) is 12.8. The molecule has 0 bridgehead atoms. The van der Waals surface area contributed by atoms with Crippen LogP contribution in [0.2, 0.25) is 5.02 Å². The molecule has 1 aliphatic heterocycles. The average Bonchev–Trinajstić information content (AvgIpc) is 2.41. The molecule has 1 saturated heterocycles. The van der Waals surface area contributed by atoms with Gasteiger partial charge in [-0.05, 0) is 31.0 Å². The standard InChI is InChI=1S/C14H20ClNO2/c1-2-17-10-14-8-16-13(9-18-14)7-11-3-5-12(15)6-4-11/h3-6,13-14,16H,2,7-10H2,1H3/t13-,14+/m0/s1. The molecule has 100 valence electrons. The lowest BCUT2D eigenvalue weighted by molar-refractivity contribution is -0.0439. The first kappa shape index (κ1) is 13.8. The molecular formula is C14H20ClNO2. The summed E-state index contributed by atoms with van der Waals surface area (Å²) in [6.45, 7) is 5.02. The number of ether oxygens (including phenoxy) is 2. The number of benzene rings is 1. The van der Waals surface area contributed by atoms with Gasteiger partial charge in [0.05, 0.1) is 19.3 Å². The van der Waals surface area contributed by atoms with Crippen molar-refractivity contribution in [3.8, 4) is 0 Å². The smallest absolute Gasteiger partial charge is 0.0933 e. The summed E-state index contributed by atoms with van der Waals surface area (Å²) in [4.78, 5) is 0. The van der Waals surface area contributed by atoms with Crippen molar-refractivity contribution in [2.75, 3.05) is 26.4 Å². The van der Waals surface area contributed by atoms with Gasteiger partial charge >= 0.3 is 0 Å². The Labute approximate surface area is 113 Å². The van der Waals surface area contributed by atoms with Crippen LogP contribution in [0.4, 0.5) is 0 Å². The number of rotatable bonds is 5. The zero-order valence-corrected chi connectivity index (χ0v) is 11.5. The summed E-state index contributed by atoms with van der Waals surface area (Å²) < 4.78 is 11.1. The normalized spacial score (nSPS) is 24.1. The van der Waals surface area contributed by atoms with Crippen LogP contribution in [0.1, 0.15) is 12.5 Å². The Hall–Kier alpha value is -0.610. The van der Waals surface area contributed by atoms with Gasteiger partial charge in [0.25, 0.3) is 0 Å². The SMILES string of the molecule is CCOC[C@H]1CN[C@@H](Cc2ccc(Cl)cc2)CO1. The molecule has 2 atom stereocenters. The monoisotopic (exact) mass is 269 g/mol. The van der Waals surface area contributed by atoms with Gasteiger partial charge in [0.2, 0.25) is 0 Å². The number of hydrogen-bond acceptors (Lipinski definition) is 3. The number of nitrogens with one attached hydrogen (secondary N) is 1. The minimum atomic E-state index is 0.186. The van der Waals surface area contributed by atoms with E-state index < -0.39 is 0 Å². The van der Waals surface area contributed by atoms with Gasteiger partial charge in [-0.1, -0.05) is 23.7 Å². The van der Waals surface area contributed by atoms with Crippen molar-refractivity contribution in [1.82, 2.24) is 5.32 Å². The molecular weight excluding hydrogens is 250 g/mol. The molecule has 0 aromatic heterocycles. The van der Waals surface area contributed by atoms with Gasteiger partial charge in [0.15, 0.2) is 0 Å². The van der Waals surface area contributed by atoms with Gasteiger partial charge in [-0.2, -0.15) is 0 Å². The summed E-state index contributed by atoms with van der Waals surface area (Å²) in [5, 5.41) is 4.28. The van der Waals surface area contributed by atoms with E-state index in [0.717, 1.165) is 31.2 Å². The van der Waals surface area contributed by atoms with Gasteiger partial charge < -0.3 is 14.8 Å². The summed E-state index contributed by atoms with van der Waals surface area (Å²) >= 11 is 5.87. The maximum absolute atomic E-state index is 5.87. The van der Waals surface area contributed by atoms with E-state index in [1.165, 1.54) is 5.56 Å². The van der Waals surface area contributed by atoms with E-state index >= 15 is 0 Å². The second-order valence-electron chi connectivity index (χ2n) is 4.55. The third kappa shape index (κ3) is 4.25. The second kappa shape index (κ2) is 7.10. The summed E-state index contributed by atoms with van der Waals surface area (Å²) in [5.74, 6) is 0. The van der Waals surface area contributed by atoms with E-state index in [2.05, 4.69) is 17.4 Å². The van der Waals surface area contributed by atoms with Crippen LogP contribution >= 0.6 is 11.6 Å². The Balaban J connectivity index is 1.74. The Morgan fingerprint density at radius 1 is 1.39 bits per heavy atom. The van der Waals surface area contributed by atoms with Gasteiger partial charge in [-0.15, -0.1) is 0 Å². The van der Waals surface area contributed by atoms with Crippen LogP contribution in [-0.4, -0.2) is 38.5 Å². The first-order valence-corrected chi connectivity index (χ1v) is 6.83. The third-order valence-electron chi connectivity index (χ3n) is 3.07. The van der Waals surface area contributed by atoms with Crippen LogP contribution < -0.4 is 5.32 Å². The molecule has 0 unspecified atom stereocenters. The predicted octanol–water partition coefficient (Wildman–Crippen LogP) is 2.28. The molecule has 4 heteroatoms. The van der Waals surface area contributed by atoms with E-state index in [4.69, 9.17) is 21.1 Å². The van der Waals surface area contributed by atoms with Crippen molar-refractivity contribution in [3.05, 3.63) is 34.9 Å². The van der Waals surface area contributed by atoms with E-state index in [9.17, 15) is 0 Å². The van der Waals surface area contributed by atoms with Crippen molar-refractivity contribution < 1.29 is 9.47 Å². The summed E-state index contributed by atoms with van der Waals surface area (Å²) in [5.41, 5.74) is 1.28. The van der Waals surface area contributed by atoms with Crippen LogP contribution in [0, 0.1) is 0 Å². The highest BCUT2D eigenvalue weighted by atomic mass is 35.5. The first-order chi connectivity index (χ1) is 8.78. The summed E-state index contributed by atoms with van der Waals surface area (Å²) in [7, 11) is 0. The molecule has 1 aromatic rings. The Morgan fingerprint density at radius 3 is 2.78 bits per heavy atom. The number of morpholine rings is 1. The fraction of sp³-hybridized carbons (Fsp3) is 0.571. The molecule has 0 aliphatic carbocycles. The molecule has 1 aromatic carbocycles. The summed E-state index contributed by atoms with van der Waals surface area (Å²) in [6, 6.07) is 8.37. The fourth-order valence-electron chi connectivity index (χ4n) is 2.06. The molecule has 0 spiro atoms. The Kier molecular flexibility index (Phi) is 5.45. The molecule has 1 N–H and O–H groups in total. The van der Waals surface area contributed by atoms with E-state index in [0.29, 0.717) is 12.6 Å². The maximum Gasteiger partial charge on any atom is 0.0933 e. The predicted molar refractivity (Wildman–Crippen MR) is 73.2 cm³/mol. The molecule has 0 saturated carbocycles. The average molecular weight is 270 g/mol. The lowest BCUT2D eigenvalue weighted by Crippen LogP contribution is -2.48. The van der Waals surface area contributed by atoms with Crippen molar-refractivity contribution in [1.29, 1.82) is 0 Å². The Bertz CT molecular complexity index is 347. The molecule has 0 amide bonds. The molecule has 1 heterocycles. The molecule has 18 heavy (non-hydrogen) atoms. The number of halogens is 1. The van der Waals surface area contributed by atoms with Crippen molar-refractivity contribution >= 4 is 11.6 Å². The third-order valence-corrected chi connectivity index (χ3v) is 3.32. The maximum atomic E-state index is 5.87. The summed E-state index contributed by atoms with van der Waals surface area (Å²) in [6.07, 6.45) is 1.16. The highest BCUT2D eigenvalue weighted by molar-refractivity contribution is 6.30. The highest BCUT2D eigenvalue weighted by Crippen LogP contribution is 2.13. The van der Waals surface area contributed by atoms with Crippen molar-refractivity contribution in [2.45, 2.75) is 25.5 Å². The van der Waals surface area contributed by atoms with Gasteiger partial charge in [0, 0.05) is 24.2 Å². The van der Waals surface area contributed by atoms with E-state index in [1.54, 1.807) is 0 Å². The van der Waals surface area contributed by atoms with Crippen LogP contribution in [0.5, 0.6) is 0 Å². The van der Waals surface area contributed by atoms with Crippen molar-refractivity contribution in [2.24, 2.45) is 0 Å². The van der Waals surface area contributed by atoms with Crippen LogP contribution in [0.15, 0.2) is 24.3 Å². The second-order valence-corrected chi connectivity index (χ2v) is 4.99. The van der Waals surface area contributed by atoms with Crippen molar-refractivity contribution in [3.63, 3.8) is 0 Å². The molecule has 0 radical (unpaired) electrons. The van der Waals surface area contributed by atoms with Gasteiger partial charge in [-0.3, -0.25) is 0 Å². The van der Waals surface area contributed by atoms with Gasteiger partial charge in [-0.25, -0.2) is 0 Å². The van der Waals surface area contributed by atoms with Crippen LogP contribution in [0.25, 0.3) is 0 Å². The van der Waals surface area contributed by atoms with Gasteiger partial charge in [0.1, 0.15) is 0 Å². The Morgan fingerprint density at radius 2 is 2.17 bits per heavy atom. The van der Waals surface area contributed by atoms with Crippen LogP contribution in [-0.2, 0) is 15.9 Å². The lowest BCUT2D eigenvalue weighted by Gasteiger charge is -2.30. The minimum absolute atomic E-state index is 0.186. The molecule has 1 fully saturated rings. The molecule has 1 aliphatic rings. The van der Waals surface area contributed by atoms with E-state index in [-0.39, 0.29) is 6.10 Å². The minimum Gasteiger partial charge on any atom is -0.379 e. The fourth-order valence-corrected chi connectivity index (χ4v) is 2.19. The van der Waals surface area contributed by atoms with E-state index in [1.807, 2.05) is 19.1 Å². The first-order valence-electron chi connectivity index (χ1n) is 6.45. The number of hydrogen-bond donors (Lipinski definition) is 1. The quantitative estimate of drug-likeness (QED) is 0.890. The topological polar surface area (TPSA) is 30.5 Å².